The molecule has 29 heavy (non-hydrogen) atoms. The summed E-state index contributed by atoms with van der Waals surface area (Å²) in [7, 11) is 0. The molecule has 0 radical (unpaired) electrons. The number of carboxylic acids is 1. The average Bonchev–Trinajstić information content (AvgIpc) is 2.73. The van der Waals surface area contributed by atoms with Gasteiger partial charge in [-0.05, 0) is 42.5 Å². The molecular weight excluding hydrogens is 368 g/mol. The van der Waals surface area contributed by atoms with Gasteiger partial charge in [-0.25, -0.2) is 14.8 Å². The number of nitrogens with zero attached hydrogens (tertiary/aromatic N) is 2. The van der Waals surface area contributed by atoms with Crippen molar-refractivity contribution >= 4 is 17.8 Å². The lowest BCUT2D eigenvalue weighted by atomic mass is 9.83. The Morgan fingerprint density at radius 1 is 1.10 bits per heavy atom. The second-order valence-corrected chi connectivity index (χ2v) is 7.01. The summed E-state index contributed by atoms with van der Waals surface area (Å²) in [5.41, 5.74) is 9.01. The number of amides is 1. The molecule has 1 heterocycles. The molecule has 4 N–H and O–H groups in total. The molecule has 1 unspecified atom stereocenters. The standard InChI is InChI=1S/C22H20N4O3/c23-20(27)19-16(21(28)29)9-7-13-6-8-15(12-17(13)19)25-22-24-11-10-18(26-22)14-4-2-1-3-5-14/h1-5,7,9-11,15H,6,8,12H2,(H2,23,27)(H,28,29)(H,24,25,26). The molecule has 1 aromatic heterocycles. The van der Waals surface area contributed by atoms with Crippen LogP contribution in [0.4, 0.5) is 5.95 Å². The van der Waals surface area contributed by atoms with Crippen molar-refractivity contribution in [1.29, 1.82) is 0 Å². The predicted octanol–water partition coefficient (Wildman–Crippen LogP) is 2.91. The van der Waals surface area contributed by atoms with E-state index in [1.165, 1.54) is 6.07 Å². The highest BCUT2D eigenvalue weighted by Gasteiger charge is 2.27. The van der Waals surface area contributed by atoms with Crippen LogP contribution in [0.25, 0.3) is 11.3 Å². The lowest BCUT2D eigenvalue weighted by Crippen LogP contribution is -2.31. The number of carboxylic acid groups (broad SMARTS) is 1. The van der Waals surface area contributed by atoms with Crippen LogP contribution in [0.15, 0.2) is 54.7 Å². The highest BCUT2D eigenvalue weighted by molar-refractivity contribution is 6.05. The first-order valence-corrected chi connectivity index (χ1v) is 9.36. The summed E-state index contributed by atoms with van der Waals surface area (Å²) in [6, 6.07) is 14.9. The summed E-state index contributed by atoms with van der Waals surface area (Å²) in [6.45, 7) is 0. The first-order valence-electron chi connectivity index (χ1n) is 9.36. The van der Waals surface area contributed by atoms with E-state index in [1.807, 2.05) is 36.4 Å². The van der Waals surface area contributed by atoms with Crippen LogP contribution in [0.5, 0.6) is 0 Å². The molecule has 1 aliphatic rings. The van der Waals surface area contributed by atoms with E-state index in [1.54, 1.807) is 12.3 Å². The van der Waals surface area contributed by atoms with Crippen molar-refractivity contribution in [2.45, 2.75) is 25.3 Å². The number of hydrogen-bond acceptors (Lipinski definition) is 5. The molecule has 1 amide bonds. The van der Waals surface area contributed by atoms with E-state index >= 15 is 0 Å². The number of benzene rings is 2. The minimum Gasteiger partial charge on any atom is -0.478 e. The molecule has 3 aromatic rings. The largest absolute Gasteiger partial charge is 0.478 e. The molecule has 2 aromatic carbocycles. The van der Waals surface area contributed by atoms with Crippen molar-refractivity contribution in [3.63, 3.8) is 0 Å². The predicted molar refractivity (Wildman–Crippen MR) is 109 cm³/mol. The van der Waals surface area contributed by atoms with Gasteiger partial charge in [-0.1, -0.05) is 36.4 Å². The van der Waals surface area contributed by atoms with Crippen LogP contribution in [-0.4, -0.2) is 33.0 Å². The van der Waals surface area contributed by atoms with E-state index in [9.17, 15) is 14.7 Å². The highest BCUT2D eigenvalue weighted by Crippen LogP contribution is 2.29. The van der Waals surface area contributed by atoms with Crippen molar-refractivity contribution in [1.82, 2.24) is 9.97 Å². The van der Waals surface area contributed by atoms with Gasteiger partial charge in [0.05, 0.1) is 16.8 Å². The third-order valence-electron chi connectivity index (χ3n) is 5.16. The molecule has 7 heteroatoms. The number of hydrogen-bond donors (Lipinski definition) is 3. The quantitative estimate of drug-likeness (QED) is 0.618. The third-order valence-corrected chi connectivity index (χ3v) is 5.16. The summed E-state index contributed by atoms with van der Waals surface area (Å²) < 4.78 is 0. The van der Waals surface area contributed by atoms with Gasteiger partial charge >= 0.3 is 5.97 Å². The zero-order chi connectivity index (χ0) is 20.4. The Kier molecular flexibility index (Phi) is 4.95. The van der Waals surface area contributed by atoms with Crippen molar-refractivity contribution in [3.05, 3.63) is 77.0 Å². The van der Waals surface area contributed by atoms with Gasteiger partial charge in [0, 0.05) is 17.8 Å². The lowest BCUT2D eigenvalue weighted by molar-refractivity contribution is 0.0691. The number of aryl methyl sites for hydroxylation is 1. The third kappa shape index (κ3) is 3.80. The van der Waals surface area contributed by atoms with Crippen LogP contribution in [0, 0.1) is 0 Å². The van der Waals surface area contributed by atoms with Crippen LogP contribution >= 0.6 is 0 Å². The Morgan fingerprint density at radius 3 is 2.62 bits per heavy atom. The van der Waals surface area contributed by atoms with Gasteiger partial charge < -0.3 is 16.2 Å². The summed E-state index contributed by atoms with van der Waals surface area (Å²) in [5, 5.41) is 12.7. The van der Waals surface area contributed by atoms with Gasteiger partial charge in [0.2, 0.25) is 11.9 Å². The summed E-state index contributed by atoms with van der Waals surface area (Å²) in [6.07, 6.45) is 3.71. The number of nitrogens with two attached hydrogens (primary N) is 1. The molecule has 0 aliphatic heterocycles. The Morgan fingerprint density at radius 2 is 1.90 bits per heavy atom. The van der Waals surface area contributed by atoms with Gasteiger partial charge in [-0.3, -0.25) is 4.79 Å². The number of aromatic nitrogens is 2. The minimum absolute atomic E-state index is 0.0318. The smallest absolute Gasteiger partial charge is 0.336 e. The van der Waals surface area contributed by atoms with Gasteiger partial charge in [-0.2, -0.15) is 0 Å². The SMILES string of the molecule is NC(=O)c1c(C(=O)O)ccc2c1CC(Nc1nccc(-c3ccccc3)n1)CC2. The molecule has 4 rings (SSSR count). The normalized spacial score (nSPS) is 15.4. The number of primary amides is 1. The first-order chi connectivity index (χ1) is 14.0. The Labute approximate surface area is 167 Å². The molecular formula is C22H20N4O3. The summed E-state index contributed by atoms with van der Waals surface area (Å²) in [4.78, 5) is 32.4. The van der Waals surface area contributed by atoms with Gasteiger partial charge in [-0.15, -0.1) is 0 Å². The molecule has 1 aliphatic carbocycles. The Hall–Kier alpha value is -3.74. The second-order valence-electron chi connectivity index (χ2n) is 7.01. The second kappa shape index (κ2) is 7.71. The van der Waals surface area contributed by atoms with Crippen LogP contribution in [0.1, 0.15) is 38.3 Å². The number of nitrogens with one attached hydrogen (secondary N) is 1. The number of rotatable bonds is 5. The minimum atomic E-state index is -1.16. The van der Waals surface area contributed by atoms with Crippen LogP contribution in [0.3, 0.4) is 0 Å². The molecule has 0 spiro atoms. The fourth-order valence-corrected chi connectivity index (χ4v) is 3.80. The maximum atomic E-state index is 12.0. The number of carbonyl (C=O) groups is 2. The van der Waals surface area contributed by atoms with E-state index in [4.69, 9.17) is 5.73 Å². The lowest BCUT2D eigenvalue weighted by Gasteiger charge is -2.27. The van der Waals surface area contributed by atoms with Crippen molar-refractivity contribution in [2.24, 2.45) is 5.73 Å². The molecule has 146 valence electrons. The van der Waals surface area contributed by atoms with Gasteiger partial charge in [0.15, 0.2) is 0 Å². The van der Waals surface area contributed by atoms with E-state index in [0.29, 0.717) is 24.4 Å². The van der Waals surface area contributed by atoms with Crippen molar-refractivity contribution < 1.29 is 14.7 Å². The van der Waals surface area contributed by atoms with Crippen LogP contribution in [-0.2, 0) is 12.8 Å². The first kappa shape index (κ1) is 18.6. The Bertz CT molecular complexity index is 1080. The zero-order valence-electron chi connectivity index (χ0n) is 15.6. The topological polar surface area (TPSA) is 118 Å². The number of fused-ring (bicyclic) bond motifs is 1. The molecule has 0 saturated carbocycles. The monoisotopic (exact) mass is 388 g/mol. The van der Waals surface area contributed by atoms with Crippen molar-refractivity contribution in [3.8, 4) is 11.3 Å². The summed E-state index contributed by atoms with van der Waals surface area (Å²) >= 11 is 0. The van der Waals surface area contributed by atoms with E-state index < -0.39 is 11.9 Å². The van der Waals surface area contributed by atoms with E-state index in [2.05, 4.69) is 15.3 Å². The fourth-order valence-electron chi connectivity index (χ4n) is 3.80. The Balaban J connectivity index is 1.60. The van der Waals surface area contributed by atoms with Gasteiger partial charge in [0.1, 0.15) is 0 Å². The number of aromatic carboxylic acids is 1. The molecule has 1 atom stereocenters. The highest BCUT2D eigenvalue weighted by atomic mass is 16.4. The van der Waals surface area contributed by atoms with Crippen molar-refractivity contribution in [2.75, 3.05) is 5.32 Å². The summed E-state index contributed by atoms with van der Waals surface area (Å²) in [5.74, 6) is -1.38. The number of anilines is 1. The van der Waals surface area contributed by atoms with Crippen LogP contribution in [0.2, 0.25) is 0 Å². The molecule has 0 fully saturated rings. The molecule has 7 nitrogen and oxygen atoms in total. The molecule has 0 bridgehead atoms. The maximum absolute atomic E-state index is 12.0. The number of carbonyl (C=O) groups excluding carboxylic acids is 1. The zero-order valence-corrected chi connectivity index (χ0v) is 15.6. The average molecular weight is 388 g/mol. The van der Waals surface area contributed by atoms with Gasteiger partial charge in [0.25, 0.3) is 0 Å². The maximum Gasteiger partial charge on any atom is 0.336 e. The fraction of sp³-hybridized carbons (Fsp3) is 0.182. The van der Waals surface area contributed by atoms with Crippen LogP contribution < -0.4 is 11.1 Å². The molecule has 0 saturated heterocycles. The van der Waals surface area contributed by atoms with E-state index in [0.717, 1.165) is 23.2 Å². The van der Waals surface area contributed by atoms with E-state index in [-0.39, 0.29) is 17.2 Å².